The van der Waals surface area contributed by atoms with Gasteiger partial charge in [0.1, 0.15) is 5.75 Å². The van der Waals surface area contributed by atoms with Crippen molar-refractivity contribution >= 4 is 0 Å². The molecule has 0 aliphatic carbocycles. The standard InChI is InChI=1S/C28H50O/c1-4-7-10-12-14-16-19-22-27-26(21-18-15-13-11-8-5-2)25(20-17-9-6-3)23-24-28(27)29/h23-24,29H,4-22H2,1-3H3. The van der Waals surface area contributed by atoms with Crippen molar-refractivity contribution < 1.29 is 5.11 Å². The highest BCUT2D eigenvalue weighted by Gasteiger charge is 2.13. The maximum Gasteiger partial charge on any atom is 0.119 e. The summed E-state index contributed by atoms with van der Waals surface area (Å²) in [6.07, 6.45) is 24.7. The number of benzene rings is 1. The predicted octanol–water partition coefficient (Wildman–Crippen LogP) is 9.32. The SMILES string of the molecule is CCCCCCCCCc1c(O)ccc(CCCCC)c1CCCCCCCC. The summed E-state index contributed by atoms with van der Waals surface area (Å²) in [6.45, 7) is 6.84. The Morgan fingerprint density at radius 3 is 1.45 bits per heavy atom. The lowest BCUT2D eigenvalue weighted by molar-refractivity contribution is 0.463. The smallest absolute Gasteiger partial charge is 0.119 e. The number of aryl methyl sites for hydroxylation is 1. The highest BCUT2D eigenvalue weighted by atomic mass is 16.3. The first-order valence-electron chi connectivity index (χ1n) is 13.1. The maximum atomic E-state index is 10.6. The molecule has 0 aromatic heterocycles. The van der Waals surface area contributed by atoms with E-state index in [2.05, 4.69) is 26.8 Å². The molecule has 1 nitrogen and oxygen atoms in total. The van der Waals surface area contributed by atoms with E-state index in [9.17, 15) is 5.11 Å². The zero-order valence-corrected chi connectivity index (χ0v) is 20.0. The number of aromatic hydroxyl groups is 1. The van der Waals surface area contributed by atoms with Gasteiger partial charge < -0.3 is 5.11 Å². The summed E-state index contributed by atoms with van der Waals surface area (Å²) in [5.74, 6) is 0.552. The third kappa shape index (κ3) is 11.7. The molecule has 0 radical (unpaired) electrons. The number of rotatable bonds is 19. The molecule has 1 N–H and O–H groups in total. The second kappa shape index (κ2) is 17.8. The molecule has 0 unspecified atom stereocenters. The number of hydrogen-bond donors (Lipinski definition) is 1. The molecule has 0 bridgehead atoms. The fourth-order valence-electron chi connectivity index (χ4n) is 4.46. The van der Waals surface area contributed by atoms with Gasteiger partial charge in [0.05, 0.1) is 0 Å². The second-order valence-electron chi connectivity index (χ2n) is 9.05. The van der Waals surface area contributed by atoms with Crippen LogP contribution in [0.4, 0.5) is 0 Å². The summed E-state index contributed by atoms with van der Waals surface area (Å²) in [5, 5.41) is 10.6. The molecule has 0 aliphatic rings. The van der Waals surface area contributed by atoms with Gasteiger partial charge in [-0.2, -0.15) is 0 Å². The normalized spacial score (nSPS) is 11.3. The molecule has 0 saturated carbocycles. The van der Waals surface area contributed by atoms with E-state index in [-0.39, 0.29) is 0 Å². The molecule has 1 heteroatoms. The van der Waals surface area contributed by atoms with Crippen molar-refractivity contribution in [2.24, 2.45) is 0 Å². The Hall–Kier alpha value is -0.980. The van der Waals surface area contributed by atoms with Crippen LogP contribution in [0.1, 0.15) is 140 Å². The summed E-state index contributed by atoms with van der Waals surface area (Å²) in [5.41, 5.74) is 4.30. The Kier molecular flexibility index (Phi) is 16.0. The van der Waals surface area contributed by atoms with Gasteiger partial charge in [-0.15, -0.1) is 0 Å². The molecular formula is C28H50O. The van der Waals surface area contributed by atoms with E-state index in [4.69, 9.17) is 0 Å². The Balaban J connectivity index is 2.65. The molecule has 0 fully saturated rings. The van der Waals surface area contributed by atoms with Gasteiger partial charge in [-0.1, -0.05) is 110 Å². The molecule has 0 atom stereocenters. The van der Waals surface area contributed by atoms with Crippen LogP contribution < -0.4 is 0 Å². The van der Waals surface area contributed by atoms with Crippen molar-refractivity contribution in [1.82, 2.24) is 0 Å². The summed E-state index contributed by atoms with van der Waals surface area (Å²) in [6, 6.07) is 4.19. The Morgan fingerprint density at radius 2 is 0.897 bits per heavy atom. The first-order valence-corrected chi connectivity index (χ1v) is 13.1. The van der Waals surface area contributed by atoms with E-state index < -0.39 is 0 Å². The van der Waals surface area contributed by atoms with Gasteiger partial charge in [0.25, 0.3) is 0 Å². The first kappa shape index (κ1) is 26.1. The zero-order valence-electron chi connectivity index (χ0n) is 20.0. The van der Waals surface area contributed by atoms with Crippen molar-refractivity contribution in [3.8, 4) is 5.75 Å². The topological polar surface area (TPSA) is 20.2 Å². The highest BCUT2D eigenvalue weighted by Crippen LogP contribution is 2.30. The molecule has 29 heavy (non-hydrogen) atoms. The largest absolute Gasteiger partial charge is 0.508 e. The van der Waals surface area contributed by atoms with E-state index in [1.165, 1.54) is 126 Å². The van der Waals surface area contributed by atoms with Crippen molar-refractivity contribution in [2.75, 3.05) is 0 Å². The average molecular weight is 403 g/mol. The fourth-order valence-corrected chi connectivity index (χ4v) is 4.46. The molecule has 0 heterocycles. The minimum Gasteiger partial charge on any atom is -0.508 e. The fraction of sp³-hybridized carbons (Fsp3) is 0.786. The number of phenolic OH excluding ortho intramolecular Hbond substituents is 1. The lowest BCUT2D eigenvalue weighted by atomic mass is 9.89. The van der Waals surface area contributed by atoms with Crippen LogP contribution in [0.5, 0.6) is 5.75 Å². The minimum atomic E-state index is 0.552. The lowest BCUT2D eigenvalue weighted by Gasteiger charge is -2.17. The molecule has 168 valence electrons. The number of hydrogen-bond acceptors (Lipinski definition) is 1. The molecule has 1 aromatic carbocycles. The third-order valence-electron chi connectivity index (χ3n) is 6.36. The summed E-state index contributed by atoms with van der Waals surface area (Å²) in [4.78, 5) is 0. The lowest BCUT2D eigenvalue weighted by Crippen LogP contribution is -2.03. The number of phenols is 1. The zero-order chi connectivity index (χ0) is 21.2. The second-order valence-corrected chi connectivity index (χ2v) is 9.05. The highest BCUT2D eigenvalue weighted by molar-refractivity contribution is 5.45. The molecule has 0 saturated heterocycles. The Labute approximate surface area is 182 Å². The van der Waals surface area contributed by atoms with Crippen LogP contribution in [0.25, 0.3) is 0 Å². The quantitative estimate of drug-likeness (QED) is 0.228. The molecule has 0 amide bonds. The predicted molar refractivity (Wildman–Crippen MR) is 130 cm³/mol. The Morgan fingerprint density at radius 1 is 0.483 bits per heavy atom. The monoisotopic (exact) mass is 402 g/mol. The van der Waals surface area contributed by atoms with Crippen molar-refractivity contribution in [3.05, 3.63) is 28.8 Å². The van der Waals surface area contributed by atoms with Gasteiger partial charge in [0.15, 0.2) is 0 Å². The van der Waals surface area contributed by atoms with E-state index in [1.807, 2.05) is 6.07 Å². The molecule has 1 rings (SSSR count). The average Bonchev–Trinajstić information content (AvgIpc) is 2.72. The maximum absolute atomic E-state index is 10.6. The van der Waals surface area contributed by atoms with Gasteiger partial charge in [-0.05, 0) is 61.3 Å². The van der Waals surface area contributed by atoms with Crippen LogP contribution >= 0.6 is 0 Å². The molecule has 0 aliphatic heterocycles. The van der Waals surface area contributed by atoms with Crippen molar-refractivity contribution in [3.63, 3.8) is 0 Å². The molecular weight excluding hydrogens is 352 g/mol. The molecule has 0 spiro atoms. The van der Waals surface area contributed by atoms with E-state index in [0.29, 0.717) is 5.75 Å². The van der Waals surface area contributed by atoms with Crippen LogP contribution in [-0.2, 0) is 19.3 Å². The van der Waals surface area contributed by atoms with Crippen LogP contribution in [-0.4, -0.2) is 5.11 Å². The van der Waals surface area contributed by atoms with E-state index in [0.717, 1.165) is 12.8 Å². The third-order valence-corrected chi connectivity index (χ3v) is 6.36. The van der Waals surface area contributed by atoms with E-state index >= 15 is 0 Å². The molecule has 1 aromatic rings. The number of unbranched alkanes of at least 4 members (excludes halogenated alkanes) is 13. The van der Waals surface area contributed by atoms with Crippen LogP contribution in [0.3, 0.4) is 0 Å². The van der Waals surface area contributed by atoms with Gasteiger partial charge >= 0.3 is 0 Å². The summed E-state index contributed by atoms with van der Waals surface area (Å²) in [7, 11) is 0. The van der Waals surface area contributed by atoms with Gasteiger partial charge in [0, 0.05) is 0 Å². The summed E-state index contributed by atoms with van der Waals surface area (Å²) >= 11 is 0. The van der Waals surface area contributed by atoms with Crippen LogP contribution in [0, 0.1) is 0 Å². The van der Waals surface area contributed by atoms with Gasteiger partial charge in [-0.25, -0.2) is 0 Å². The van der Waals surface area contributed by atoms with Crippen LogP contribution in [0.15, 0.2) is 12.1 Å². The first-order chi connectivity index (χ1) is 14.2. The van der Waals surface area contributed by atoms with Crippen molar-refractivity contribution in [1.29, 1.82) is 0 Å². The Bertz CT molecular complexity index is 505. The van der Waals surface area contributed by atoms with Crippen molar-refractivity contribution in [2.45, 2.75) is 143 Å². The van der Waals surface area contributed by atoms with E-state index in [1.54, 1.807) is 0 Å². The van der Waals surface area contributed by atoms with Gasteiger partial charge in [-0.3, -0.25) is 0 Å². The summed E-state index contributed by atoms with van der Waals surface area (Å²) < 4.78 is 0. The minimum absolute atomic E-state index is 0.552. The van der Waals surface area contributed by atoms with Gasteiger partial charge in [0.2, 0.25) is 0 Å². The van der Waals surface area contributed by atoms with Crippen LogP contribution in [0.2, 0.25) is 0 Å².